The van der Waals surface area contributed by atoms with Gasteiger partial charge >= 0.3 is 5.97 Å². The van der Waals surface area contributed by atoms with Crippen molar-refractivity contribution in [1.29, 1.82) is 0 Å². The molecule has 0 fully saturated rings. The lowest BCUT2D eigenvalue weighted by atomic mass is 10.3. The van der Waals surface area contributed by atoms with Crippen LogP contribution in [0.15, 0.2) is 16.5 Å². The van der Waals surface area contributed by atoms with Crippen molar-refractivity contribution < 1.29 is 23.8 Å². The number of carbonyl (C=O) groups is 1. The van der Waals surface area contributed by atoms with Gasteiger partial charge in [-0.2, -0.15) is 0 Å². The van der Waals surface area contributed by atoms with Gasteiger partial charge in [-0.1, -0.05) is 0 Å². The molecule has 5 heteroatoms. The van der Waals surface area contributed by atoms with Gasteiger partial charge in [0.2, 0.25) is 5.76 Å². The lowest BCUT2D eigenvalue weighted by Gasteiger charge is -2.10. The van der Waals surface area contributed by atoms with Gasteiger partial charge in [-0.15, -0.1) is 0 Å². The average molecular weight is 228 g/mol. The highest BCUT2D eigenvalue weighted by molar-refractivity contribution is 5.84. The summed E-state index contributed by atoms with van der Waals surface area (Å²) < 4.78 is 15.6. The molecule has 0 radical (unpaired) electrons. The lowest BCUT2D eigenvalue weighted by molar-refractivity contribution is 0.00530. The molecule has 0 spiro atoms. The molecule has 1 aromatic rings. The number of rotatable bonds is 7. The number of hydrogen-bond acceptors (Lipinski definition) is 4. The summed E-state index contributed by atoms with van der Waals surface area (Å²) in [6.07, 6.45) is -0.270. The molecule has 0 saturated heterocycles. The fourth-order valence-electron chi connectivity index (χ4n) is 1.20. The van der Waals surface area contributed by atoms with E-state index >= 15 is 0 Å². The average Bonchev–Trinajstić information content (AvgIpc) is 2.73. The second-order valence-electron chi connectivity index (χ2n) is 3.22. The summed E-state index contributed by atoms with van der Waals surface area (Å²) >= 11 is 0. The van der Waals surface area contributed by atoms with Crippen molar-refractivity contribution in [3.63, 3.8) is 0 Å². The fourth-order valence-corrected chi connectivity index (χ4v) is 1.20. The first-order valence-electron chi connectivity index (χ1n) is 5.17. The molecule has 16 heavy (non-hydrogen) atoms. The van der Waals surface area contributed by atoms with Gasteiger partial charge in [-0.3, -0.25) is 0 Å². The van der Waals surface area contributed by atoms with Crippen LogP contribution in [0.5, 0.6) is 0 Å². The highest BCUT2D eigenvalue weighted by Crippen LogP contribution is 2.19. The van der Waals surface area contributed by atoms with E-state index in [4.69, 9.17) is 19.0 Å². The first-order chi connectivity index (χ1) is 7.65. The summed E-state index contributed by atoms with van der Waals surface area (Å²) in [5.74, 6) is -0.642. The summed E-state index contributed by atoms with van der Waals surface area (Å²) in [7, 11) is 0. The van der Waals surface area contributed by atoms with E-state index in [-0.39, 0.29) is 11.9 Å². The minimum Gasteiger partial charge on any atom is -0.475 e. The number of hydrogen-bond donors (Lipinski definition) is 1. The van der Waals surface area contributed by atoms with Crippen molar-refractivity contribution in [3.05, 3.63) is 23.7 Å². The van der Waals surface area contributed by atoms with Crippen molar-refractivity contribution in [2.75, 3.05) is 19.8 Å². The number of furan rings is 1. The van der Waals surface area contributed by atoms with Crippen LogP contribution in [0.1, 0.15) is 36.3 Å². The van der Waals surface area contributed by atoms with Gasteiger partial charge in [0.1, 0.15) is 11.9 Å². The Labute approximate surface area is 94.0 Å². The highest BCUT2D eigenvalue weighted by Gasteiger charge is 2.14. The third kappa shape index (κ3) is 3.67. The molecule has 1 unspecified atom stereocenters. The molecule has 1 rings (SSSR count). The van der Waals surface area contributed by atoms with Crippen molar-refractivity contribution in [1.82, 2.24) is 0 Å². The molecule has 1 aromatic heterocycles. The largest absolute Gasteiger partial charge is 0.475 e. The van der Waals surface area contributed by atoms with E-state index in [1.165, 1.54) is 6.07 Å². The van der Waals surface area contributed by atoms with E-state index in [1.807, 2.05) is 6.92 Å². The third-order valence-electron chi connectivity index (χ3n) is 2.04. The predicted octanol–water partition coefficient (Wildman–Crippen LogP) is 2.09. The number of aromatic carboxylic acids is 1. The van der Waals surface area contributed by atoms with E-state index in [2.05, 4.69) is 0 Å². The monoisotopic (exact) mass is 228 g/mol. The number of ether oxygens (including phenoxy) is 2. The van der Waals surface area contributed by atoms with Crippen molar-refractivity contribution >= 4 is 5.97 Å². The van der Waals surface area contributed by atoms with Gasteiger partial charge in [0.25, 0.3) is 0 Å². The zero-order valence-corrected chi connectivity index (χ0v) is 9.43. The van der Waals surface area contributed by atoms with E-state index < -0.39 is 5.97 Å². The molecular formula is C11H16O5. The molecule has 1 heterocycles. The smallest absolute Gasteiger partial charge is 0.371 e. The predicted molar refractivity (Wildman–Crippen MR) is 56.5 cm³/mol. The summed E-state index contributed by atoms with van der Waals surface area (Å²) in [4.78, 5) is 10.6. The Kier molecular flexibility index (Phi) is 5.01. The van der Waals surface area contributed by atoms with Crippen LogP contribution >= 0.6 is 0 Å². The molecule has 0 aliphatic carbocycles. The topological polar surface area (TPSA) is 68.9 Å². The third-order valence-corrected chi connectivity index (χ3v) is 2.04. The molecule has 90 valence electrons. The standard InChI is InChI=1S/C11H16O5/c1-3-14-6-7-15-8(2)9-4-5-10(16-9)11(12)13/h4-5,8H,3,6-7H2,1-2H3,(H,12,13). The maximum absolute atomic E-state index is 10.6. The number of carboxylic acids is 1. The van der Waals surface area contributed by atoms with Crippen molar-refractivity contribution in [2.45, 2.75) is 20.0 Å². The van der Waals surface area contributed by atoms with E-state index in [0.717, 1.165) is 0 Å². The van der Waals surface area contributed by atoms with Gasteiger partial charge in [0, 0.05) is 6.61 Å². The molecule has 0 aliphatic heterocycles. The minimum atomic E-state index is -1.08. The Hall–Kier alpha value is -1.33. The van der Waals surface area contributed by atoms with Gasteiger partial charge < -0.3 is 19.0 Å². The Morgan fingerprint density at radius 2 is 2.25 bits per heavy atom. The van der Waals surface area contributed by atoms with Crippen molar-refractivity contribution in [2.24, 2.45) is 0 Å². The lowest BCUT2D eigenvalue weighted by Crippen LogP contribution is -2.07. The quantitative estimate of drug-likeness (QED) is 0.723. The molecule has 0 aliphatic rings. The zero-order valence-electron chi connectivity index (χ0n) is 9.43. The molecular weight excluding hydrogens is 212 g/mol. The van der Waals surface area contributed by atoms with Crippen LogP contribution in [-0.2, 0) is 9.47 Å². The molecule has 5 nitrogen and oxygen atoms in total. The van der Waals surface area contributed by atoms with Crippen LogP contribution < -0.4 is 0 Å². The zero-order chi connectivity index (χ0) is 12.0. The van der Waals surface area contributed by atoms with Crippen LogP contribution in [0.25, 0.3) is 0 Å². The van der Waals surface area contributed by atoms with Gasteiger partial charge in [0.05, 0.1) is 13.2 Å². The second kappa shape index (κ2) is 6.30. The van der Waals surface area contributed by atoms with Gasteiger partial charge in [-0.25, -0.2) is 4.79 Å². The van der Waals surface area contributed by atoms with Crippen LogP contribution in [0.3, 0.4) is 0 Å². The summed E-state index contributed by atoms with van der Waals surface area (Å²) in [5.41, 5.74) is 0. The molecule has 0 amide bonds. The Morgan fingerprint density at radius 1 is 1.50 bits per heavy atom. The highest BCUT2D eigenvalue weighted by atomic mass is 16.5. The summed E-state index contributed by atoms with van der Waals surface area (Å²) in [5, 5.41) is 8.67. The molecule has 0 saturated carbocycles. The summed E-state index contributed by atoms with van der Waals surface area (Å²) in [6, 6.07) is 3.02. The van der Waals surface area contributed by atoms with Crippen LogP contribution in [0.4, 0.5) is 0 Å². The maximum Gasteiger partial charge on any atom is 0.371 e. The molecule has 1 N–H and O–H groups in total. The molecule has 1 atom stereocenters. The van der Waals surface area contributed by atoms with Gasteiger partial charge in [-0.05, 0) is 26.0 Å². The molecule has 0 aromatic carbocycles. The van der Waals surface area contributed by atoms with E-state index in [9.17, 15) is 4.79 Å². The Balaban J connectivity index is 2.40. The second-order valence-corrected chi connectivity index (χ2v) is 3.22. The van der Waals surface area contributed by atoms with E-state index in [0.29, 0.717) is 25.6 Å². The SMILES string of the molecule is CCOCCOC(C)c1ccc(C(=O)O)o1. The normalized spacial score (nSPS) is 12.6. The first-order valence-corrected chi connectivity index (χ1v) is 5.17. The molecule has 0 bridgehead atoms. The fraction of sp³-hybridized carbons (Fsp3) is 0.545. The maximum atomic E-state index is 10.6. The minimum absolute atomic E-state index is 0.0738. The number of carboxylic acid groups (broad SMARTS) is 1. The van der Waals surface area contributed by atoms with Crippen LogP contribution in [0.2, 0.25) is 0 Å². The Bertz CT molecular complexity index is 331. The summed E-state index contributed by atoms with van der Waals surface area (Å²) in [6.45, 7) is 5.35. The van der Waals surface area contributed by atoms with Crippen LogP contribution in [0, 0.1) is 0 Å². The van der Waals surface area contributed by atoms with Gasteiger partial charge in [0.15, 0.2) is 0 Å². The Morgan fingerprint density at radius 3 is 2.81 bits per heavy atom. The van der Waals surface area contributed by atoms with E-state index in [1.54, 1.807) is 13.0 Å². The first kappa shape index (κ1) is 12.7. The van der Waals surface area contributed by atoms with Crippen molar-refractivity contribution in [3.8, 4) is 0 Å². The van der Waals surface area contributed by atoms with Crippen LogP contribution in [-0.4, -0.2) is 30.9 Å².